The highest BCUT2D eigenvalue weighted by atomic mass is 79.9. The number of pyridine rings is 1. The Bertz CT molecular complexity index is 2050. The number of ether oxygens (including phenoxy) is 1. The molecule has 7 rings (SSSR count). The van der Waals surface area contributed by atoms with E-state index < -0.39 is 35.6 Å². The van der Waals surface area contributed by atoms with Crippen LogP contribution < -0.4 is 20.7 Å². The lowest BCUT2D eigenvalue weighted by molar-refractivity contribution is -0.136. The van der Waals surface area contributed by atoms with Crippen LogP contribution in [0.15, 0.2) is 83.3 Å². The molecule has 1 atom stereocenters. The number of hydrogen-bond acceptors (Lipinski definition) is 9. The maximum atomic E-state index is 13.4. The molecule has 3 N–H and O–H groups in total. The number of fused-ring (bicyclic) bond motifs is 1. The molecule has 0 aliphatic carbocycles. The second-order valence-electron chi connectivity index (χ2n) is 12.9. The van der Waals surface area contributed by atoms with Crippen molar-refractivity contribution in [2.75, 3.05) is 25.0 Å². The summed E-state index contributed by atoms with van der Waals surface area (Å²) in [6, 6.07) is 23.1. The van der Waals surface area contributed by atoms with E-state index in [2.05, 4.69) is 31.0 Å². The Balaban J connectivity index is 1.01. The molecular formula is C38H35BrN6O6. The molecular weight excluding hydrogens is 716 g/mol. The van der Waals surface area contributed by atoms with E-state index in [-0.39, 0.29) is 30.0 Å². The van der Waals surface area contributed by atoms with Crippen molar-refractivity contribution >= 4 is 51.3 Å². The average Bonchev–Trinajstić information content (AvgIpc) is 3.36. The zero-order valence-corrected chi connectivity index (χ0v) is 29.4. The molecule has 2 saturated heterocycles. The van der Waals surface area contributed by atoms with Crippen molar-refractivity contribution in [1.29, 1.82) is 0 Å². The quantitative estimate of drug-likeness (QED) is 0.227. The Labute approximate surface area is 302 Å². The number of nitrogens with zero attached hydrogens (tertiary/aromatic N) is 4. The van der Waals surface area contributed by atoms with E-state index in [1.165, 1.54) is 0 Å². The minimum Gasteiger partial charge on any atom is -0.457 e. The summed E-state index contributed by atoms with van der Waals surface area (Å²) in [6.45, 7) is 2.00. The number of halogens is 1. The fraction of sp³-hybridized carbons (Fsp3) is 0.263. The largest absolute Gasteiger partial charge is 0.457 e. The molecule has 0 saturated carbocycles. The number of amides is 5. The predicted molar refractivity (Wildman–Crippen MR) is 192 cm³/mol. The molecule has 51 heavy (non-hydrogen) atoms. The highest BCUT2D eigenvalue weighted by Crippen LogP contribution is 2.34. The van der Waals surface area contributed by atoms with E-state index in [4.69, 9.17) is 15.5 Å². The molecule has 3 aliphatic rings. The number of imide groups is 2. The third-order valence-electron chi connectivity index (χ3n) is 9.69. The van der Waals surface area contributed by atoms with Crippen molar-refractivity contribution in [3.05, 3.63) is 106 Å². The zero-order chi connectivity index (χ0) is 35.8. The summed E-state index contributed by atoms with van der Waals surface area (Å²) in [6.07, 6.45) is 1.87. The molecule has 4 aromatic rings. The normalized spacial score (nSPS) is 17.9. The predicted octanol–water partition coefficient (Wildman–Crippen LogP) is 4.90. The highest BCUT2D eigenvalue weighted by Gasteiger charge is 2.45. The first-order valence-corrected chi connectivity index (χ1v) is 17.5. The van der Waals surface area contributed by atoms with Crippen LogP contribution in [0, 0.1) is 0 Å². The lowest BCUT2D eigenvalue weighted by Crippen LogP contribution is -2.54. The van der Waals surface area contributed by atoms with Crippen LogP contribution in [-0.4, -0.2) is 76.5 Å². The zero-order valence-electron chi connectivity index (χ0n) is 27.8. The Morgan fingerprint density at radius 3 is 2.25 bits per heavy atom. The van der Waals surface area contributed by atoms with Crippen LogP contribution in [0.3, 0.4) is 0 Å². The van der Waals surface area contributed by atoms with Gasteiger partial charge in [0.1, 0.15) is 23.4 Å². The molecule has 0 spiro atoms. The van der Waals surface area contributed by atoms with Gasteiger partial charge < -0.3 is 15.4 Å². The molecule has 12 nitrogen and oxygen atoms in total. The number of para-hydroxylation sites is 1. The van der Waals surface area contributed by atoms with Gasteiger partial charge in [-0.05, 0) is 92.5 Å². The van der Waals surface area contributed by atoms with E-state index in [0.717, 1.165) is 53.5 Å². The van der Waals surface area contributed by atoms with Crippen molar-refractivity contribution in [3.8, 4) is 22.8 Å². The van der Waals surface area contributed by atoms with Gasteiger partial charge in [-0.3, -0.25) is 39.1 Å². The van der Waals surface area contributed by atoms with Crippen molar-refractivity contribution in [2.45, 2.75) is 44.3 Å². The van der Waals surface area contributed by atoms with Crippen LogP contribution in [0.5, 0.6) is 11.5 Å². The smallest absolute Gasteiger partial charge is 0.262 e. The van der Waals surface area contributed by atoms with Gasteiger partial charge in [-0.2, -0.15) is 0 Å². The van der Waals surface area contributed by atoms with Gasteiger partial charge in [0.05, 0.1) is 22.4 Å². The number of rotatable bonds is 9. The number of primary amides is 1. The molecule has 2 fully saturated rings. The monoisotopic (exact) mass is 750 g/mol. The Kier molecular flexibility index (Phi) is 9.40. The van der Waals surface area contributed by atoms with Gasteiger partial charge >= 0.3 is 0 Å². The van der Waals surface area contributed by atoms with Gasteiger partial charge in [0.15, 0.2) is 0 Å². The number of carbonyl (C=O) groups is 5. The second kappa shape index (κ2) is 14.1. The fourth-order valence-electron chi connectivity index (χ4n) is 6.94. The molecule has 1 unspecified atom stereocenters. The molecule has 0 radical (unpaired) electrons. The number of nitrogens with two attached hydrogens (primary N) is 1. The summed E-state index contributed by atoms with van der Waals surface area (Å²) < 4.78 is 6.62. The Morgan fingerprint density at radius 2 is 1.59 bits per heavy atom. The van der Waals surface area contributed by atoms with Crippen LogP contribution >= 0.6 is 15.9 Å². The van der Waals surface area contributed by atoms with Crippen LogP contribution in [0.25, 0.3) is 11.3 Å². The van der Waals surface area contributed by atoms with Gasteiger partial charge in [0.25, 0.3) is 17.7 Å². The number of aromatic nitrogens is 1. The van der Waals surface area contributed by atoms with Crippen molar-refractivity contribution in [3.63, 3.8) is 0 Å². The average molecular weight is 752 g/mol. The third kappa shape index (κ3) is 6.86. The van der Waals surface area contributed by atoms with Gasteiger partial charge in [0, 0.05) is 42.1 Å². The van der Waals surface area contributed by atoms with Crippen LogP contribution in [0.2, 0.25) is 0 Å². The van der Waals surface area contributed by atoms with E-state index in [9.17, 15) is 24.0 Å². The standard InChI is InChI=1S/C38H35BrN6O6/c1-43(21-23-19-28-29(20-30(23)39)38(50)45(37(28)49)31-12-14-33(46)42-36(31)48)24-15-17-44(18-16-24)32-13-11-27(35(40)47)34(41-32)22-7-9-26(10-8-22)51-25-5-3-2-4-6-25/h2-11,13,19-20,24,31H,12,14-18,21H2,1H3,(H2,40,47)(H,42,46,48). The number of benzene rings is 3. The molecule has 5 amide bonds. The Morgan fingerprint density at radius 1 is 0.922 bits per heavy atom. The van der Waals surface area contributed by atoms with Gasteiger partial charge in [-0.1, -0.05) is 34.1 Å². The van der Waals surface area contributed by atoms with E-state index in [1.54, 1.807) is 18.2 Å². The van der Waals surface area contributed by atoms with Crippen molar-refractivity contribution in [1.82, 2.24) is 20.1 Å². The first kappa shape index (κ1) is 34.1. The second-order valence-corrected chi connectivity index (χ2v) is 13.8. The third-order valence-corrected chi connectivity index (χ3v) is 10.4. The van der Waals surface area contributed by atoms with Gasteiger partial charge in [-0.15, -0.1) is 0 Å². The number of nitrogens with one attached hydrogen (secondary N) is 1. The van der Waals surface area contributed by atoms with Gasteiger partial charge in [0.2, 0.25) is 11.8 Å². The summed E-state index contributed by atoms with van der Waals surface area (Å²) in [5.74, 6) is -0.523. The first-order valence-electron chi connectivity index (χ1n) is 16.7. The maximum absolute atomic E-state index is 13.4. The lowest BCUT2D eigenvalue weighted by Gasteiger charge is -2.37. The number of piperidine rings is 2. The van der Waals surface area contributed by atoms with Crippen molar-refractivity contribution in [2.24, 2.45) is 5.73 Å². The number of anilines is 1. The van der Waals surface area contributed by atoms with Crippen molar-refractivity contribution < 1.29 is 28.7 Å². The van der Waals surface area contributed by atoms with E-state index in [0.29, 0.717) is 28.0 Å². The molecule has 260 valence electrons. The van der Waals surface area contributed by atoms with E-state index >= 15 is 0 Å². The summed E-state index contributed by atoms with van der Waals surface area (Å²) >= 11 is 3.60. The SMILES string of the molecule is CN(Cc1cc2c(cc1Br)C(=O)N(C1CCC(=O)NC1=O)C2=O)C1CCN(c2ccc(C(N)=O)c(-c3ccc(Oc4ccccc4)cc3)n2)CC1. The van der Waals surface area contributed by atoms with Crippen LogP contribution in [-0.2, 0) is 16.1 Å². The molecule has 3 aromatic carbocycles. The summed E-state index contributed by atoms with van der Waals surface area (Å²) in [5, 5.41) is 2.23. The van der Waals surface area contributed by atoms with Crippen LogP contribution in [0.1, 0.15) is 62.3 Å². The van der Waals surface area contributed by atoms with Gasteiger partial charge in [-0.25, -0.2) is 4.98 Å². The summed E-state index contributed by atoms with van der Waals surface area (Å²) in [7, 11) is 2.03. The first-order chi connectivity index (χ1) is 24.6. The lowest BCUT2D eigenvalue weighted by atomic mass is 10.0. The minimum atomic E-state index is -1.01. The molecule has 13 heteroatoms. The fourth-order valence-corrected chi connectivity index (χ4v) is 7.41. The molecule has 3 aliphatic heterocycles. The molecule has 1 aromatic heterocycles. The summed E-state index contributed by atoms with van der Waals surface area (Å²) in [4.78, 5) is 73.4. The van der Waals surface area contributed by atoms with E-state index in [1.807, 2.05) is 67.7 Å². The number of carbonyl (C=O) groups excluding carboxylic acids is 5. The molecule has 0 bridgehead atoms. The Hall–Kier alpha value is -5.40. The summed E-state index contributed by atoms with van der Waals surface area (Å²) in [5.41, 5.74) is 8.68. The number of hydrogen-bond donors (Lipinski definition) is 2. The maximum Gasteiger partial charge on any atom is 0.262 e. The highest BCUT2D eigenvalue weighted by molar-refractivity contribution is 9.10. The minimum absolute atomic E-state index is 0.0669. The topological polar surface area (TPSA) is 155 Å². The van der Waals surface area contributed by atoms with Crippen LogP contribution in [0.4, 0.5) is 5.82 Å². The molecule has 4 heterocycles.